The highest BCUT2D eigenvalue weighted by Gasteiger charge is 2.20. The van der Waals surface area contributed by atoms with E-state index in [1.54, 1.807) is 18.5 Å². The van der Waals surface area contributed by atoms with Gasteiger partial charge >= 0.3 is 0 Å². The summed E-state index contributed by atoms with van der Waals surface area (Å²) in [5.41, 5.74) is 5.20. The van der Waals surface area contributed by atoms with Crippen molar-refractivity contribution in [2.24, 2.45) is 0 Å². The lowest BCUT2D eigenvalue weighted by Gasteiger charge is -2.38. The third kappa shape index (κ3) is 4.34. The van der Waals surface area contributed by atoms with E-state index >= 15 is 0 Å². The molecule has 4 aromatic rings. The number of nitrogens with one attached hydrogen (secondary N) is 2. The number of hydrogen-bond donors (Lipinski definition) is 2. The molecule has 7 nitrogen and oxygen atoms in total. The van der Waals surface area contributed by atoms with Crippen molar-refractivity contribution in [3.63, 3.8) is 0 Å². The second-order valence-corrected chi connectivity index (χ2v) is 9.01. The van der Waals surface area contributed by atoms with E-state index in [9.17, 15) is 4.79 Å². The van der Waals surface area contributed by atoms with Crippen LogP contribution in [0, 0.1) is 0 Å². The molecule has 2 N–H and O–H groups in total. The summed E-state index contributed by atoms with van der Waals surface area (Å²) >= 11 is 6.70. The van der Waals surface area contributed by atoms with E-state index in [0.29, 0.717) is 6.04 Å². The molecule has 1 aliphatic rings. The van der Waals surface area contributed by atoms with Gasteiger partial charge in [-0.2, -0.15) is 0 Å². The molecule has 0 bridgehead atoms. The van der Waals surface area contributed by atoms with Crippen LogP contribution in [-0.4, -0.2) is 51.5 Å². The molecule has 1 saturated heterocycles. The summed E-state index contributed by atoms with van der Waals surface area (Å²) in [5.74, 6) is 0. The average molecular weight is 463 g/mol. The Morgan fingerprint density at radius 2 is 1.88 bits per heavy atom. The quantitative estimate of drug-likeness (QED) is 0.453. The number of fused-ring (bicyclic) bond motifs is 1. The van der Waals surface area contributed by atoms with Crippen LogP contribution < -0.4 is 15.8 Å². The summed E-state index contributed by atoms with van der Waals surface area (Å²) in [6.45, 7) is 8.53. The van der Waals surface area contributed by atoms with Crippen LogP contribution in [0.2, 0.25) is 5.02 Å². The minimum atomic E-state index is -0.136. The summed E-state index contributed by atoms with van der Waals surface area (Å²) in [6, 6.07) is 14.1. The molecule has 3 aromatic heterocycles. The van der Waals surface area contributed by atoms with Gasteiger partial charge in [0.2, 0.25) is 5.56 Å². The Labute approximate surface area is 197 Å². The van der Waals surface area contributed by atoms with Gasteiger partial charge in [0.1, 0.15) is 0 Å². The lowest BCUT2D eigenvalue weighted by atomic mass is 10.1. The number of H-pyrrole nitrogens is 1. The van der Waals surface area contributed by atoms with Crippen LogP contribution in [0.5, 0.6) is 0 Å². The third-order valence-corrected chi connectivity index (χ3v) is 6.53. The van der Waals surface area contributed by atoms with E-state index in [0.717, 1.165) is 65.2 Å². The molecule has 1 fully saturated rings. The van der Waals surface area contributed by atoms with Crippen LogP contribution in [-0.2, 0) is 0 Å². The molecule has 0 amide bonds. The van der Waals surface area contributed by atoms with Crippen LogP contribution in [0.3, 0.4) is 0 Å². The Morgan fingerprint density at radius 3 is 2.61 bits per heavy atom. The topological polar surface area (TPSA) is 68.7 Å². The molecule has 0 saturated carbocycles. The number of aromatic amines is 1. The number of anilines is 3. The van der Waals surface area contributed by atoms with E-state index in [4.69, 9.17) is 11.6 Å². The van der Waals surface area contributed by atoms with Gasteiger partial charge in [0, 0.05) is 68.1 Å². The zero-order valence-electron chi connectivity index (χ0n) is 18.8. The molecule has 170 valence electrons. The smallest absolute Gasteiger partial charge is 0.248 e. The van der Waals surface area contributed by atoms with Gasteiger partial charge in [-0.3, -0.25) is 14.1 Å². The molecule has 0 atom stereocenters. The molecule has 0 unspecified atom stereocenters. The Hall–Kier alpha value is -3.29. The highest BCUT2D eigenvalue weighted by molar-refractivity contribution is 6.33. The Bertz CT molecular complexity index is 1340. The SMILES string of the molecule is CC(C)N1CCN(c2ccc(Nc3ccc(-c4cc[nH]c(=O)c4)n4ccnc34)cc2Cl)CC1. The summed E-state index contributed by atoms with van der Waals surface area (Å²) in [7, 11) is 0. The molecule has 4 heterocycles. The van der Waals surface area contributed by atoms with E-state index in [-0.39, 0.29) is 5.56 Å². The first kappa shape index (κ1) is 21.6. The first-order valence-electron chi connectivity index (χ1n) is 11.2. The number of nitrogens with zero attached hydrogens (tertiary/aromatic N) is 4. The highest BCUT2D eigenvalue weighted by atomic mass is 35.5. The monoisotopic (exact) mass is 462 g/mol. The van der Waals surface area contributed by atoms with Gasteiger partial charge in [-0.05, 0) is 50.2 Å². The molecule has 33 heavy (non-hydrogen) atoms. The number of imidazole rings is 1. The molecular weight excluding hydrogens is 436 g/mol. The molecular formula is C25H27ClN6O. The van der Waals surface area contributed by atoms with Crippen molar-refractivity contribution >= 4 is 34.3 Å². The van der Waals surface area contributed by atoms with Gasteiger partial charge in [-0.1, -0.05) is 11.6 Å². The largest absolute Gasteiger partial charge is 0.368 e. The number of piperazine rings is 1. The molecule has 0 aliphatic carbocycles. The van der Waals surface area contributed by atoms with Crippen molar-refractivity contribution in [1.82, 2.24) is 19.3 Å². The zero-order valence-corrected chi connectivity index (χ0v) is 19.5. The fraction of sp³-hybridized carbons (Fsp3) is 0.280. The van der Waals surface area contributed by atoms with Crippen LogP contribution in [0.25, 0.3) is 16.9 Å². The molecule has 1 aromatic carbocycles. The van der Waals surface area contributed by atoms with Crippen molar-refractivity contribution in [3.8, 4) is 11.3 Å². The molecule has 8 heteroatoms. The Kier molecular flexibility index (Phi) is 5.83. The molecule has 5 rings (SSSR count). The van der Waals surface area contributed by atoms with Crippen LogP contribution in [0.15, 0.2) is 65.8 Å². The summed E-state index contributed by atoms with van der Waals surface area (Å²) in [4.78, 5) is 23.8. The van der Waals surface area contributed by atoms with Gasteiger partial charge < -0.3 is 15.2 Å². The first-order valence-corrected chi connectivity index (χ1v) is 11.6. The summed E-state index contributed by atoms with van der Waals surface area (Å²) < 4.78 is 1.97. The van der Waals surface area contributed by atoms with Crippen LogP contribution >= 0.6 is 11.6 Å². The predicted octanol–water partition coefficient (Wildman–Crippen LogP) is 4.62. The lowest BCUT2D eigenvalue weighted by Crippen LogP contribution is -2.49. The van der Waals surface area contributed by atoms with Crippen molar-refractivity contribution in [2.75, 3.05) is 36.4 Å². The summed E-state index contributed by atoms with van der Waals surface area (Å²) in [5, 5.41) is 4.19. The minimum absolute atomic E-state index is 0.136. The van der Waals surface area contributed by atoms with E-state index in [1.165, 1.54) is 0 Å². The number of hydrogen-bond acceptors (Lipinski definition) is 5. The van der Waals surface area contributed by atoms with E-state index in [1.807, 2.05) is 34.9 Å². The van der Waals surface area contributed by atoms with Crippen molar-refractivity contribution in [1.29, 1.82) is 0 Å². The molecule has 0 radical (unpaired) electrons. The zero-order chi connectivity index (χ0) is 22.9. The average Bonchev–Trinajstić information content (AvgIpc) is 3.30. The van der Waals surface area contributed by atoms with E-state index in [2.05, 4.69) is 51.1 Å². The standard InChI is InChI=1S/C25H27ClN6O/c1-17(2)30-11-13-31(14-12-30)23-5-3-19(16-20(23)26)29-21-4-6-22(32-10-9-28-25(21)32)18-7-8-27-24(33)15-18/h3-10,15-17,29H,11-14H2,1-2H3,(H,27,33). The third-order valence-electron chi connectivity index (χ3n) is 6.23. The maximum Gasteiger partial charge on any atom is 0.248 e. The number of rotatable bonds is 5. The van der Waals surface area contributed by atoms with Gasteiger partial charge in [0.15, 0.2) is 5.65 Å². The fourth-order valence-corrected chi connectivity index (χ4v) is 4.73. The molecule has 1 aliphatic heterocycles. The number of aromatic nitrogens is 3. The highest BCUT2D eigenvalue weighted by Crippen LogP contribution is 2.32. The number of benzene rings is 1. The summed E-state index contributed by atoms with van der Waals surface area (Å²) in [6.07, 6.45) is 5.30. The normalized spacial score (nSPS) is 14.8. The van der Waals surface area contributed by atoms with Crippen molar-refractivity contribution in [2.45, 2.75) is 19.9 Å². The number of halogens is 1. The second kappa shape index (κ2) is 8.92. The minimum Gasteiger partial charge on any atom is -0.368 e. The lowest BCUT2D eigenvalue weighted by molar-refractivity contribution is 0.209. The first-order chi connectivity index (χ1) is 16.0. The number of pyridine rings is 2. The van der Waals surface area contributed by atoms with Gasteiger partial charge in [0.05, 0.1) is 22.1 Å². The second-order valence-electron chi connectivity index (χ2n) is 8.60. The van der Waals surface area contributed by atoms with Crippen molar-refractivity contribution in [3.05, 3.63) is 76.4 Å². The maximum absolute atomic E-state index is 11.8. The molecule has 0 spiro atoms. The fourth-order valence-electron chi connectivity index (χ4n) is 4.43. The predicted molar refractivity (Wildman–Crippen MR) is 135 cm³/mol. The van der Waals surface area contributed by atoms with Crippen molar-refractivity contribution < 1.29 is 0 Å². The Balaban J connectivity index is 1.38. The van der Waals surface area contributed by atoms with Gasteiger partial charge in [0.25, 0.3) is 0 Å². The van der Waals surface area contributed by atoms with Crippen LogP contribution in [0.4, 0.5) is 17.1 Å². The van der Waals surface area contributed by atoms with E-state index < -0.39 is 0 Å². The maximum atomic E-state index is 11.8. The van der Waals surface area contributed by atoms with Crippen LogP contribution in [0.1, 0.15) is 13.8 Å². The van der Waals surface area contributed by atoms with Gasteiger partial charge in [-0.25, -0.2) is 4.98 Å². The van der Waals surface area contributed by atoms with Gasteiger partial charge in [-0.15, -0.1) is 0 Å². The Morgan fingerprint density at radius 1 is 1.06 bits per heavy atom.